The van der Waals surface area contributed by atoms with Crippen molar-refractivity contribution in [3.05, 3.63) is 0 Å². The molecule has 1 saturated heterocycles. The molecule has 22 heavy (non-hydrogen) atoms. The van der Waals surface area contributed by atoms with Gasteiger partial charge in [-0.2, -0.15) is 0 Å². The maximum Gasteiger partial charge on any atom is 0.317 e. The molecule has 0 radical (unpaired) electrons. The largest absolute Gasteiger partial charge is 0.481 e. The second-order valence-electron chi connectivity index (χ2n) is 6.41. The van der Waals surface area contributed by atoms with Crippen LogP contribution in [-0.4, -0.2) is 54.9 Å². The zero-order chi connectivity index (χ0) is 16.8. The van der Waals surface area contributed by atoms with Crippen molar-refractivity contribution >= 4 is 12.0 Å². The number of rotatable bonds is 8. The van der Waals surface area contributed by atoms with Crippen LogP contribution in [0.2, 0.25) is 0 Å². The molecule has 2 unspecified atom stereocenters. The number of aliphatic carboxylic acids is 1. The van der Waals surface area contributed by atoms with E-state index < -0.39 is 11.4 Å². The molecule has 2 N–H and O–H groups in total. The summed E-state index contributed by atoms with van der Waals surface area (Å²) in [6.07, 6.45) is 3.55. The second kappa shape index (κ2) is 8.36. The van der Waals surface area contributed by atoms with E-state index in [0.717, 1.165) is 19.3 Å². The molecular weight excluding hydrogens is 284 g/mol. The molecule has 1 rings (SSSR count). The van der Waals surface area contributed by atoms with Crippen molar-refractivity contribution in [1.29, 1.82) is 0 Å². The Kier molecular flexibility index (Phi) is 7.13. The van der Waals surface area contributed by atoms with Crippen LogP contribution in [0.3, 0.4) is 0 Å². The Morgan fingerprint density at radius 3 is 2.45 bits per heavy atom. The van der Waals surface area contributed by atoms with Crippen molar-refractivity contribution in [3.63, 3.8) is 0 Å². The summed E-state index contributed by atoms with van der Waals surface area (Å²) in [6, 6.07) is -0.177. The quantitative estimate of drug-likeness (QED) is 0.721. The van der Waals surface area contributed by atoms with E-state index in [1.807, 2.05) is 0 Å². The molecule has 0 aromatic rings. The lowest BCUT2D eigenvalue weighted by atomic mass is 9.90. The summed E-state index contributed by atoms with van der Waals surface area (Å²) in [5.41, 5.74) is -0.818. The van der Waals surface area contributed by atoms with Crippen LogP contribution < -0.4 is 5.32 Å². The molecule has 0 aliphatic carbocycles. The first kappa shape index (κ1) is 18.7. The third-order valence-corrected chi connectivity index (χ3v) is 4.86. The average molecular weight is 314 g/mol. The molecule has 6 nitrogen and oxygen atoms in total. The Labute approximate surface area is 133 Å². The van der Waals surface area contributed by atoms with Gasteiger partial charge in [0.05, 0.1) is 11.5 Å². The van der Waals surface area contributed by atoms with Crippen LogP contribution in [0.4, 0.5) is 4.79 Å². The summed E-state index contributed by atoms with van der Waals surface area (Å²) in [4.78, 5) is 24.9. The summed E-state index contributed by atoms with van der Waals surface area (Å²) >= 11 is 0. The second-order valence-corrected chi connectivity index (χ2v) is 6.41. The smallest absolute Gasteiger partial charge is 0.317 e. The number of carbonyl (C=O) groups excluding carboxylic acids is 1. The van der Waals surface area contributed by atoms with Gasteiger partial charge in [-0.25, -0.2) is 4.79 Å². The standard InChI is InChI=1S/C16H30N2O4/c1-5-12(6-2)13(22-4)7-9-17-15(21)18-10-8-16(3,11-18)14(19)20/h12-13H,5-11H2,1-4H3,(H,17,21)(H,19,20). The van der Waals surface area contributed by atoms with Gasteiger partial charge in [0, 0.05) is 26.7 Å². The summed E-state index contributed by atoms with van der Waals surface area (Å²) in [5.74, 6) is -0.333. The van der Waals surface area contributed by atoms with E-state index in [9.17, 15) is 14.7 Å². The number of amides is 2. The average Bonchev–Trinajstić information content (AvgIpc) is 2.90. The van der Waals surface area contributed by atoms with Gasteiger partial charge in [-0.15, -0.1) is 0 Å². The molecule has 0 aromatic heterocycles. The molecule has 2 atom stereocenters. The summed E-state index contributed by atoms with van der Waals surface area (Å²) < 4.78 is 5.52. The number of urea groups is 1. The Balaban J connectivity index is 2.39. The first-order chi connectivity index (χ1) is 10.4. The van der Waals surface area contributed by atoms with E-state index >= 15 is 0 Å². The van der Waals surface area contributed by atoms with Gasteiger partial charge in [0.1, 0.15) is 0 Å². The van der Waals surface area contributed by atoms with Gasteiger partial charge in [0.2, 0.25) is 0 Å². The lowest BCUT2D eigenvalue weighted by Gasteiger charge is -2.25. The Hall–Kier alpha value is -1.30. The van der Waals surface area contributed by atoms with Gasteiger partial charge < -0.3 is 20.1 Å². The number of methoxy groups -OCH3 is 1. The molecule has 128 valence electrons. The van der Waals surface area contributed by atoms with Crippen molar-refractivity contribution in [2.45, 2.75) is 52.6 Å². The van der Waals surface area contributed by atoms with Crippen LogP contribution in [0.15, 0.2) is 0 Å². The van der Waals surface area contributed by atoms with Crippen LogP contribution in [0.1, 0.15) is 46.5 Å². The molecule has 0 saturated carbocycles. The highest BCUT2D eigenvalue weighted by Crippen LogP contribution is 2.30. The first-order valence-electron chi connectivity index (χ1n) is 8.16. The Morgan fingerprint density at radius 2 is 2.00 bits per heavy atom. The highest BCUT2D eigenvalue weighted by atomic mass is 16.5. The molecule has 1 heterocycles. The number of hydrogen-bond acceptors (Lipinski definition) is 3. The number of nitrogens with zero attached hydrogens (tertiary/aromatic N) is 1. The van der Waals surface area contributed by atoms with E-state index in [-0.39, 0.29) is 18.7 Å². The monoisotopic (exact) mass is 314 g/mol. The fraction of sp³-hybridized carbons (Fsp3) is 0.875. The highest BCUT2D eigenvalue weighted by Gasteiger charge is 2.42. The summed E-state index contributed by atoms with van der Waals surface area (Å²) in [7, 11) is 1.71. The highest BCUT2D eigenvalue weighted by molar-refractivity contribution is 5.79. The summed E-state index contributed by atoms with van der Waals surface area (Å²) in [5, 5.41) is 12.1. The Bertz CT molecular complexity index is 384. The SMILES string of the molecule is CCC(CC)C(CCNC(=O)N1CCC(C)(C(=O)O)C1)OC. The van der Waals surface area contributed by atoms with Crippen molar-refractivity contribution in [1.82, 2.24) is 10.2 Å². The number of carboxylic acid groups (broad SMARTS) is 1. The fourth-order valence-electron chi connectivity index (χ4n) is 3.10. The van der Waals surface area contributed by atoms with Crippen LogP contribution >= 0.6 is 0 Å². The molecule has 2 amide bonds. The molecular formula is C16H30N2O4. The third-order valence-electron chi connectivity index (χ3n) is 4.86. The van der Waals surface area contributed by atoms with Gasteiger partial charge in [-0.3, -0.25) is 4.79 Å². The maximum absolute atomic E-state index is 12.1. The normalized spacial score (nSPS) is 22.9. The molecule has 6 heteroatoms. The van der Waals surface area contributed by atoms with Gasteiger partial charge in [0.15, 0.2) is 0 Å². The zero-order valence-corrected chi connectivity index (χ0v) is 14.2. The van der Waals surface area contributed by atoms with E-state index in [4.69, 9.17) is 4.74 Å². The molecule has 1 fully saturated rings. The topological polar surface area (TPSA) is 78.9 Å². The maximum atomic E-state index is 12.1. The predicted molar refractivity (Wildman–Crippen MR) is 84.8 cm³/mol. The number of ether oxygens (including phenoxy) is 1. The van der Waals surface area contributed by atoms with Gasteiger partial charge in [-0.05, 0) is 25.7 Å². The summed E-state index contributed by atoms with van der Waals surface area (Å²) in [6.45, 7) is 7.31. The number of nitrogens with one attached hydrogen (secondary N) is 1. The fourth-order valence-corrected chi connectivity index (χ4v) is 3.10. The number of hydrogen-bond donors (Lipinski definition) is 2. The van der Waals surface area contributed by atoms with E-state index in [1.165, 1.54) is 0 Å². The number of carbonyl (C=O) groups is 2. The molecule has 0 spiro atoms. The van der Waals surface area contributed by atoms with Gasteiger partial charge >= 0.3 is 12.0 Å². The van der Waals surface area contributed by atoms with Crippen molar-refractivity contribution in [2.24, 2.45) is 11.3 Å². The molecule has 0 aromatic carbocycles. The van der Waals surface area contributed by atoms with Gasteiger partial charge in [-0.1, -0.05) is 26.7 Å². The minimum atomic E-state index is -0.837. The van der Waals surface area contributed by atoms with Crippen LogP contribution in [-0.2, 0) is 9.53 Å². The number of likely N-dealkylation sites (tertiary alicyclic amines) is 1. The van der Waals surface area contributed by atoms with Crippen molar-refractivity contribution in [3.8, 4) is 0 Å². The lowest BCUT2D eigenvalue weighted by molar-refractivity contribution is -0.146. The van der Waals surface area contributed by atoms with E-state index in [2.05, 4.69) is 19.2 Å². The predicted octanol–water partition coefficient (Wildman–Crippen LogP) is 2.33. The van der Waals surface area contributed by atoms with E-state index in [1.54, 1.807) is 18.9 Å². The molecule has 1 aliphatic rings. The molecule has 0 bridgehead atoms. The molecule has 1 aliphatic heterocycles. The van der Waals surface area contributed by atoms with E-state index in [0.29, 0.717) is 25.4 Å². The third kappa shape index (κ3) is 4.60. The Morgan fingerprint density at radius 1 is 1.36 bits per heavy atom. The van der Waals surface area contributed by atoms with Crippen LogP contribution in [0.5, 0.6) is 0 Å². The van der Waals surface area contributed by atoms with Crippen LogP contribution in [0, 0.1) is 11.3 Å². The lowest BCUT2D eigenvalue weighted by Crippen LogP contribution is -2.42. The van der Waals surface area contributed by atoms with Crippen molar-refractivity contribution in [2.75, 3.05) is 26.7 Å². The minimum Gasteiger partial charge on any atom is -0.481 e. The van der Waals surface area contributed by atoms with Crippen molar-refractivity contribution < 1.29 is 19.4 Å². The van der Waals surface area contributed by atoms with Gasteiger partial charge in [0.25, 0.3) is 0 Å². The van der Waals surface area contributed by atoms with Crippen LogP contribution in [0.25, 0.3) is 0 Å². The zero-order valence-electron chi connectivity index (χ0n) is 14.2. The minimum absolute atomic E-state index is 0.151. The first-order valence-corrected chi connectivity index (χ1v) is 8.16. The number of carboxylic acids is 1.